The molecule has 1 heterocycles. The first kappa shape index (κ1) is 14.0. The van der Waals surface area contributed by atoms with E-state index in [9.17, 15) is 18.0 Å². The number of hydrogen-bond donors (Lipinski definition) is 2. The molecule has 0 amide bonds. The van der Waals surface area contributed by atoms with Crippen LogP contribution in [-0.4, -0.2) is 27.3 Å². The lowest BCUT2D eigenvalue weighted by Crippen LogP contribution is -2.29. The van der Waals surface area contributed by atoms with Crippen LogP contribution in [0.15, 0.2) is 0 Å². The molecule has 1 fully saturated rings. The van der Waals surface area contributed by atoms with Crippen LogP contribution in [0.25, 0.3) is 0 Å². The van der Waals surface area contributed by atoms with Crippen molar-refractivity contribution in [2.75, 3.05) is 5.32 Å². The van der Waals surface area contributed by atoms with Crippen molar-refractivity contribution in [2.24, 2.45) is 5.92 Å². The van der Waals surface area contributed by atoms with Crippen molar-refractivity contribution in [1.29, 1.82) is 0 Å². The lowest BCUT2D eigenvalue weighted by atomic mass is 9.86. The summed E-state index contributed by atoms with van der Waals surface area (Å²) in [5.74, 6) is -1.16. The van der Waals surface area contributed by atoms with Gasteiger partial charge in [0.2, 0.25) is 10.1 Å². The standard InChI is InChI=1S/C10H12F3N3O2S/c11-10(12,13)8-15-16-9(19-8)14-6-3-1-5(2-4-6)7(17)18/h5-6H,1-4H2,(H,14,16)(H,17,18). The van der Waals surface area contributed by atoms with Crippen molar-refractivity contribution >= 4 is 22.4 Å². The minimum absolute atomic E-state index is 0.0374. The van der Waals surface area contributed by atoms with Gasteiger partial charge < -0.3 is 10.4 Å². The Morgan fingerprint density at radius 3 is 2.37 bits per heavy atom. The molecular weight excluding hydrogens is 283 g/mol. The molecule has 2 N–H and O–H groups in total. The molecule has 19 heavy (non-hydrogen) atoms. The largest absolute Gasteiger partial charge is 0.481 e. The number of carbonyl (C=O) groups is 1. The van der Waals surface area contributed by atoms with Gasteiger partial charge >= 0.3 is 12.1 Å². The smallest absolute Gasteiger partial charge is 0.445 e. The van der Waals surface area contributed by atoms with E-state index in [0.29, 0.717) is 37.0 Å². The highest BCUT2D eigenvalue weighted by molar-refractivity contribution is 7.15. The number of rotatable bonds is 3. The molecular formula is C10H12F3N3O2S. The number of alkyl halides is 3. The van der Waals surface area contributed by atoms with Gasteiger partial charge in [-0.3, -0.25) is 4.79 Å². The van der Waals surface area contributed by atoms with Gasteiger partial charge in [-0.15, -0.1) is 10.2 Å². The molecule has 1 aromatic rings. The normalized spacial score (nSPS) is 24.2. The Bertz CT molecular complexity index is 455. The van der Waals surface area contributed by atoms with Crippen LogP contribution >= 0.6 is 11.3 Å². The van der Waals surface area contributed by atoms with Gasteiger partial charge in [0.25, 0.3) is 0 Å². The number of aromatic nitrogens is 2. The van der Waals surface area contributed by atoms with Gasteiger partial charge in [0.15, 0.2) is 0 Å². The number of aliphatic carboxylic acids is 1. The van der Waals surface area contributed by atoms with E-state index in [1.54, 1.807) is 0 Å². The molecule has 0 atom stereocenters. The number of carboxylic acid groups (broad SMARTS) is 1. The summed E-state index contributed by atoms with van der Waals surface area (Å²) in [7, 11) is 0. The zero-order valence-electron chi connectivity index (χ0n) is 9.78. The Balaban J connectivity index is 1.89. The fourth-order valence-corrected chi connectivity index (χ4v) is 2.74. The fraction of sp³-hybridized carbons (Fsp3) is 0.700. The highest BCUT2D eigenvalue weighted by atomic mass is 32.1. The quantitative estimate of drug-likeness (QED) is 0.896. The third kappa shape index (κ3) is 3.55. The van der Waals surface area contributed by atoms with Crippen molar-refractivity contribution < 1.29 is 23.1 Å². The van der Waals surface area contributed by atoms with Gasteiger partial charge in [0, 0.05) is 6.04 Å². The Labute approximate surface area is 110 Å². The van der Waals surface area contributed by atoms with E-state index in [0.717, 1.165) is 0 Å². The Morgan fingerprint density at radius 1 is 1.26 bits per heavy atom. The molecule has 106 valence electrons. The number of carboxylic acids is 1. The highest BCUT2D eigenvalue weighted by Gasteiger charge is 2.36. The minimum atomic E-state index is -4.47. The third-order valence-corrected chi connectivity index (χ3v) is 3.97. The van der Waals surface area contributed by atoms with E-state index in [1.807, 2.05) is 0 Å². The molecule has 0 aromatic carbocycles. The maximum Gasteiger partial charge on any atom is 0.445 e. The summed E-state index contributed by atoms with van der Waals surface area (Å²) in [6, 6.07) is -0.0374. The van der Waals surface area contributed by atoms with Crippen LogP contribution < -0.4 is 5.32 Å². The number of nitrogens with one attached hydrogen (secondary N) is 1. The highest BCUT2D eigenvalue weighted by Crippen LogP contribution is 2.34. The zero-order valence-corrected chi connectivity index (χ0v) is 10.6. The molecule has 0 aliphatic heterocycles. The lowest BCUT2D eigenvalue weighted by Gasteiger charge is -2.26. The Morgan fingerprint density at radius 2 is 1.89 bits per heavy atom. The molecule has 1 aromatic heterocycles. The van der Waals surface area contributed by atoms with Gasteiger partial charge in [-0.05, 0) is 25.7 Å². The lowest BCUT2D eigenvalue weighted by molar-refractivity contribution is -0.142. The van der Waals surface area contributed by atoms with E-state index in [1.165, 1.54) is 0 Å². The Hall–Kier alpha value is -1.38. The van der Waals surface area contributed by atoms with Crippen LogP contribution in [0.2, 0.25) is 0 Å². The Kier molecular flexibility index (Phi) is 3.93. The first-order valence-corrected chi connectivity index (χ1v) is 6.58. The van der Waals surface area contributed by atoms with E-state index in [4.69, 9.17) is 5.11 Å². The average Bonchev–Trinajstić information content (AvgIpc) is 2.78. The van der Waals surface area contributed by atoms with Crippen molar-refractivity contribution in [3.05, 3.63) is 5.01 Å². The van der Waals surface area contributed by atoms with Crippen molar-refractivity contribution in [2.45, 2.75) is 37.9 Å². The second kappa shape index (κ2) is 5.32. The van der Waals surface area contributed by atoms with Crippen LogP contribution in [0.3, 0.4) is 0 Å². The number of nitrogens with zero attached hydrogens (tertiary/aromatic N) is 2. The summed E-state index contributed by atoms with van der Waals surface area (Å²) in [6.07, 6.45) is -2.20. The molecule has 5 nitrogen and oxygen atoms in total. The van der Waals surface area contributed by atoms with Gasteiger partial charge in [-0.25, -0.2) is 0 Å². The van der Waals surface area contributed by atoms with Gasteiger partial charge in [-0.2, -0.15) is 13.2 Å². The molecule has 1 aliphatic carbocycles. The minimum Gasteiger partial charge on any atom is -0.481 e. The molecule has 0 spiro atoms. The first-order chi connectivity index (χ1) is 8.86. The summed E-state index contributed by atoms with van der Waals surface area (Å²) in [5.41, 5.74) is 0. The maximum absolute atomic E-state index is 12.3. The molecule has 0 radical (unpaired) electrons. The number of halogens is 3. The average molecular weight is 295 g/mol. The monoisotopic (exact) mass is 295 g/mol. The van der Waals surface area contributed by atoms with Gasteiger partial charge in [0.1, 0.15) is 0 Å². The maximum atomic E-state index is 12.3. The topological polar surface area (TPSA) is 75.1 Å². The van der Waals surface area contributed by atoms with Crippen LogP contribution in [0.5, 0.6) is 0 Å². The van der Waals surface area contributed by atoms with Crippen LogP contribution in [0, 0.1) is 5.92 Å². The molecule has 2 rings (SSSR count). The number of hydrogen-bond acceptors (Lipinski definition) is 5. The summed E-state index contributed by atoms with van der Waals surface area (Å²) in [6.45, 7) is 0. The van der Waals surface area contributed by atoms with Crippen LogP contribution in [0.1, 0.15) is 30.7 Å². The molecule has 1 saturated carbocycles. The SMILES string of the molecule is O=C(O)C1CCC(Nc2nnc(C(F)(F)F)s2)CC1. The van der Waals surface area contributed by atoms with Gasteiger partial charge in [0.05, 0.1) is 5.92 Å². The first-order valence-electron chi connectivity index (χ1n) is 5.76. The van der Waals surface area contributed by atoms with Crippen molar-refractivity contribution in [3.63, 3.8) is 0 Å². The van der Waals surface area contributed by atoms with Crippen molar-refractivity contribution in [3.8, 4) is 0 Å². The molecule has 0 saturated heterocycles. The predicted molar refractivity (Wildman–Crippen MR) is 61.9 cm³/mol. The summed E-state index contributed by atoms with van der Waals surface area (Å²) < 4.78 is 37.0. The van der Waals surface area contributed by atoms with E-state index in [2.05, 4.69) is 15.5 Å². The molecule has 9 heteroatoms. The zero-order chi connectivity index (χ0) is 14.0. The summed E-state index contributed by atoms with van der Waals surface area (Å²) in [5, 5.41) is 17.4. The molecule has 1 aliphatic rings. The molecule has 0 bridgehead atoms. The second-order valence-corrected chi connectivity index (χ2v) is 5.42. The van der Waals surface area contributed by atoms with E-state index < -0.39 is 17.2 Å². The summed E-state index contributed by atoms with van der Waals surface area (Å²) in [4.78, 5) is 10.8. The fourth-order valence-electron chi connectivity index (χ4n) is 2.06. The third-order valence-electron chi connectivity index (χ3n) is 3.07. The van der Waals surface area contributed by atoms with E-state index >= 15 is 0 Å². The van der Waals surface area contributed by atoms with E-state index in [-0.39, 0.29) is 17.1 Å². The second-order valence-electron chi connectivity index (χ2n) is 4.44. The van der Waals surface area contributed by atoms with Gasteiger partial charge in [-0.1, -0.05) is 11.3 Å². The van der Waals surface area contributed by atoms with Crippen LogP contribution in [-0.2, 0) is 11.0 Å². The number of anilines is 1. The predicted octanol–water partition coefficient (Wildman–Crippen LogP) is 2.61. The summed E-state index contributed by atoms with van der Waals surface area (Å²) >= 11 is 0.466. The van der Waals surface area contributed by atoms with Crippen LogP contribution in [0.4, 0.5) is 18.3 Å². The molecule has 0 unspecified atom stereocenters. The van der Waals surface area contributed by atoms with Crippen molar-refractivity contribution in [1.82, 2.24) is 10.2 Å².